The minimum atomic E-state index is -0.500. The number of aromatic amines is 1. The van der Waals surface area contributed by atoms with E-state index < -0.39 is 11.7 Å². The average molecular weight is 383 g/mol. The van der Waals surface area contributed by atoms with Gasteiger partial charge in [-0.15, -0.1) is 0 Å². The number of ether oxygens (including phenoxy) is 1. The third-order valence-electron chi connectivity index (χ3n) is 4.04. The van der Waals surface area contributed by atoms with Gasteiger partial charge in [-0.2, -0.15) is 0 Å². The summed E-state index contributed by atoms with van der Waals surface area (Å²) in [6.07, 6.45) is 1.86. The van der Waals surface area contributed by atoms with Crippen molar-refractivity contribution in [2.45, 2.75) is 39.3 Å². The fourth-order valence-corrected chi connectivity index (χ4v) is 2.70. The van der Waals surface area contributed by atoms with E-state index in [-0.39, 0.29) is 5.91 Å². The highest BCUT2D eigenvalue weighted by molar-refractivity contribution is 5.96. The van der Waals surface area contributed by atoms with Crippen molar-refractivity contribution in [3.05, 3.63) is 59.5 Å². The molecule has 2 aromatic heterocycles. The molecule has 0 atom stereocenters. The lowest BCUT2D eigenvalue weighted by Crippen LogP contribution is -2.33. The minimum Gasteiger partial charge on any atom is -0.463 e. The lowest BCUT2D eigenvalue weighted by molar-refractivity contribution is 0.0528. The highest BCUT2D eigenvalue weighted by Crippen LogP contribution is 2.16. The molecule has 2 amide bonds. The molecule has 3 N–H and O–H groups in total. The third-order valence-corrected chi connectivity index (χ3v) is 4.04. The van der Waals surface area contributed by atoms with E-state index in [1.54, 1.807) is 18.4 Å². The topological polar surface area (TPSA) is 96.4 Å². The number of rotatable bonds is 6. The van der Waals surface area contributed by atoms with Gasteiger partial charge in [0.25, 0.3) is 5.91 Å². The van der Waals surface area contributed by atoms with Gasteiger partial charge >= 0.3 is 6.09 Å². The Morgan fingerprint density at radius 3 is 2.46 bits per heavy atom. The third kappa shape index (κ3) is 5.39. The van der Waals surface area contributed by atoms with E-state index in [4.69, 9.17) is 9.15 Å². The fourth-order valence-electron chi connectivity index (χ4n) is 2.70. The number of H-pyrrole nitrogens is 1. The van der Waals surface area contributed by atoms with Crippen molar-refractivity contribution in [1.29, 1.82) is 0 Å². The molecule has 0 aliphatic rings. The molecule has 3 aromatic rings. The van der Waals surface area contributed by atoms with Crippen LogP contribution in [0.15, 0.2) is 47.1 Å². The standard InChI is InChI=1S/C21H25N3O4/c1-21(2,3)28-20(26)22-10-8-14-4-6-15(7-5-14)13-23-19(25)17-12-18-16(24-17)9-11-27-18/h4-7,9,11-12,24H,8,10,13H2,1-3H3,(H,22,26)(H,23,25). The van der Waals surface area contributed by atoms with Gasteiger partial charge in [-0.1, -0.05) is 24.3 Å². The summed E-state index contributed by atoms with van der Waals surface area (Å²) in [6, 6.07) is 11.4. The van der Waals surface area contributed by atoms with Crippen LogP contribution in [0.25, 0.3) is 11.1 Å². The van der Waals surface area contributed by atoms with Crippen LogP contribution < -0.4 is 10.6 Å². The predicted molar refractivity (Wildman–Crippen MR) is 106 cm³/mol. The Morgan fingerprint density at radius 1 is 1.07 bits per heavy atom. The van der Waals surface area contributed by atoms with Gasteiger partial charge in [0.05, 0.1) is 11.8 Å². The van der Waals surface area contributed by atoms with E-state index in [0.29, 0.717) is 30.8 Å². The molecule has 0 aliphatic carbocycles. The van der Waals surface area contributed by atoms with Gasteiger partial charge in [0.15, 0.2) is 5.58 Å². The summed E-state index contributed by atoms with van der Waals surface area (Å²) in [5, 5.41) is 5.62. The fraction of sp³-hybridized carbons (Fsp3) is 0.333. The van der Waals surface area contributed by atoms with Crippen molar-refractivity contribution >= 4 is 23.1 Å². The monoisotopic (exact) mass is 383 g/mol. The van der Waals surface area contributed by atoms with Crippen LogP contribution in [-0.4, -0.2) is 29.1 Å². The van der Waals surface area contributed by atoms with Crippen molar-refractivity contribution in [3.63, 3.8) is 0 Å². The zero-order valence-corrected chi connectivity index (χ0v) is 16.3. The van der Waals surface area contributed by atoms with Crippen molar-refractivity contribution < 1.29 is 18.7 Å². The predicted octanol–water partition coefficient (Wildman–Crippen LogP) is 3.76. The number of hydrogen-bond donors (Lipinski definition) is 3. The summed E-state index contributed by atoms with van der Waals surface area (Å²) >= 11 is 0. The first kappa shape index (κ1) is 19.5. The number of hydrogen-bond acceptors (Lipinski definition) is 4. The van der Waals surface area contributed by atoms with Crippen LogP contribution in [-0.2, 0) is 17.7 Å². The van der Waals surface area contributed by atoms with Crippen molar-refractivity contribution in [2.24, 2.45) is 0 Å². The van der Waals surface area contributed by atoms with E-state index in [1.807, 2.05) is 45.0 Å². The zero-order chi connectivity index (χ0) is 20.1. The Bertz CT molecular complexity index is 920. The molecule has 0 saturated carbocycles. The second-order valence-electron chi connectivity index (χ2n) is 7.56. The summed E-state index contributed by atoms with van der Waals surface area (Å²) in [5.41, 5.74) is 3.52. The first-order valence-corrected chi connectivity index (χ1v) is 9.19. The number of carbonyl (C=O) groups is 2. The van der Waals surface area contributed by atoms with E-state index in [1.165, 1.54) is 0 Å². The molecule has 0 spiro atoms. The first-order valence-electron chi connectivity index (χ1n) is 9.19. The molecule has 0 unspecified atom stereocenters. The Morgan fingerprint density at radius 2 is 1.79 bits per heavy atom. The second kappa shape index (κ2) is 8.21. The molecule has 1 aromatic carbocycles. The Balaban J connectivity index is 1.43. The second-order valence-corrected chi connectivity index (χ2v) is 7.56. The molecule has 3 rings (SSSR count). The Hall–Kier alpha value is -3.22. The van der Waals surface area contributed by atoms with Gasteiger partial charge in [0.2, 0.25) is 0 Å². The number of furan rings is 1. The van der Waals surface area contributed by atoms with Gasteiger partial charge in [0, 0.05) is 25.2 Å². The maximum Gasteiger partial charge on any atom is 0.407 e. The number of nitrogens with one attached hydrogen (secondary N) is 3. The average Bonchev–Trinajstić information content (AvgIpc) is 3.21. The molecule has 2 heterocycles. The number of aromatic nitrogens is 1. The van der Waals surface area contributed by atoms with Gasteiger partial charge < -0.3 is 24.8 Å². The number of fused-ring (bicyclic) bond motifs is 1. The summed E-state index contributed by atoms with van der Waals surface area (Å²) in [5.74, 6) is -0.183. The zero-order valence-electron chi connectivity index (χ0n) is 16.3. The molecule has 0 aliphatic heterocycles. The van der Waals surface area contributed by atoms with E-state index >= 15 is 0 Å². The minimum absolute atomic E-state index is 0.183. The lowest BCUT2D eigenvalue weighted by atomic mass is 10.1. The Labute approximate surface area is 163 Å². The highest BCUT2D eigenvalue weighted by Gasteiger charge is 2.15. The van der Waals surface area contributed by atoms with Crippen LogP contribution in [0.3, 0.4) is 0 Å². The molecule has 0 radical (unpaired) electrons. The summed E-state index contributed by atoms with van der Waals surface area (Å²) in [4.78, 5) is 26.9. The smallest absolute Gasteiger partial charge is 0.407 e. The SMILES string of the molecule is CC(C)(C)OC(=O)NCCc1ccc(CNC(=O)c2cc3occc3[nH]2)cc1. The number of alkyl carbamates (subject to hydrolysis) is 1. The van der Waals surface area contributed by atoms with Crippen LogP contribution in [0, 0.1) is 0 Å². The van der Waals surface area contributed by atoms with E-state index in [0.717, 1.165) is 16.6 Å². The summed E-state index contributed by atoms with van der Waals surface area (Å²) < 4.78 is 10.5. The number of amides is 2. The number of benzene rings is 1. The normalized spacial score (nSPS) is 11.4. The molecule has 7 nitrogen and oxygen atoms in total. The van der Waals surface area contributed by atoms with E-state index in [9.17, 15) is 9.59 Å². The molecule has 0 fully saturated rings. The summed E-state index contributed by atoms with van der Waals surface area (Å²) in [7, 11) is 0. The van der Waals surface area contributed by atoms with E-state index in [2.05, 4.69) is 15.6 Å². The van der Waals surface area contributed by atoms with Gasteiger partial charge in [-0.05, 0) is 38.3 Å². The molecule has 7 heteroatoms. The Kier molecular flexibility index (Phi) is 5.73. The molecular weight excluding hydrogens is 358 g/mol. The van der Waals surface area contributed by atoms with Crippen LogP contribution in [0.1, 0.15) is 42.4 Å². The molecular formula is C21H25N3O4. The lowest BCUT2D eigenvalue weighted by Gasteiger charge is -2.19. The van der Waals surface area contributed by atoms with Crippen LogP contribution in [0.4, 0.5) is 4.79 Å². The molecule has 0 bridgehead atoms. The van der Waals surface area contributed by atoms with Gasteiger partial charge in [-0.3, -0.25) is 4.79 Å². The first-order chi connectivity index (χ1) is 13.3. The summed E-state index contributed by atoms with van der Waals surface area (Å²) in [6.45, 7) is 6.42. The molecule has 28 heavy (non-hydrogen) atoms. The quantitative estimate of drug-likeness (QED) is 0.604. The molecule has 0 saturated heterocycles. The van der Waals surface area contributed by atoms with Crippen LogP contribution in [0.5, 0.6) is 0 Å². The molecule has 148 valence electrons. The van der Waals surface area contributed by atoms with Crippen LogP contribution in [0.2, 0.25) is 0 Å². The van der Waals surface area contributed by atoms with Gasteiger partial charge in [-0.25, -0.2) is 4.79 Å². The highest BCUT2D eigenvalue weighted by atomic mass is 16.6. The largest absolute Gasteiger partial charge is 0.463 e. The van der Waals surface area contributed by atoms with Gasteiger partial charge in [0.1, 0.15) is 11.3 Å². The van der Waals surface area contributed by atoms with Crippen LogP contribution >= 0.6 is 0 Å². The van der Waals surface area contributed by atoms with Crippen molar-refractivity contribution in [3.8, 4) is 0 Å². The maximum atomic E-state index is 12.2. The van der Waals surface area contributed by atoms with Crippen molar-refractivity contribution in [2.75, 3.05) is 6.54 Å². The number of carbonyl (C=O) groups excluding carboxylic acids is 2. The van der Waals surface area contributed by atoms with Crippen molar-refractivity contribution in [1.82, 2.24) is 15.6 Å². The maximum absolute atomic E-state index is 12.2.